The van der Waals surface area contributed by atoms with Crippen LogP contribution in [0, 0.1) is 0 Å². The fourth-order valence-corrected chi connectivity index (χ4v) is 2.02. The van der Waals surface area contributed by atoms with E-state index in [0.29, 0.717) is 12.4 Å². The van der Waals surface area contributed by atoms with E-state index in [1.165, 1.54) is 11.8 Å². The highest BCUT2D eigenvalue weighted by molar-refractivity contribution is 8.00. The molecule has 0 aromatic heterocycles. The van der Waals surface area contributed by atoms with Crippen LogP contribution in [0.3, 0.4) is 0 Å². The number of benzene rings is 1. The maximum absolute atomic E-state index is 11.8. The second kappa shape index (κ2) is 8.00. The third kappa shape index (κ3) is 4.98. The van der Waals surface area contributed by atoms with Gasteiger partial charge >= 0.3 is 0 Å². The molecule has 1 aromatic carbocycles. The van der Waals surface area contributed by atoms with Gasteiger partial charge in [-0.3, -0.25) is 4.79 Å². The van der Waals surface area contributed by atoms with Crippen LogP contribution in [0.25, 0.3) is 0 Å². The summed E-state index contributed by atoms with van der Waals surface area (Å²) in [4.78, 5) is 11.8. The maximum Gasteiger partial charge on any atom is 0.237 e. The van der Waals surface area contributed by atoms with Crippen molar-refractivity contribution < 1.29 is 14.6 Å². The van der Waals surface area contributed by atoms with Crippen LogP contribution in [-0.4, -0.2) is 35.2 Å². The lowest BCUT2D eigenvalue weighted by Gasteiger charge is -2.11. The number of aliphatic hydroxyl groups is 1. The molecule has 5 heteroatoms. The summed E-state index contributed by atoms with van der Waals surface area (Å²) in [6, 6.07) is 7.27. The van der Waals surface area contributed by atoms with Gasteiger partial charge in [-0.25, -0.2) is 0 Å². The molecule has 0 saturated carbocycles. The van der Waals surface area contributed by atoms with E-state index in [-0.39, 0.29) is 17.8 Å². The summed E-state index contributed by atoms with van der Waals surface area (Å²) in [6.45, 7) is 4.46. The number of anilines is 1. The first-order valence-corrected chi connectivity index (χ1v) is 6.98. The van der Waals surface area contributed by atoms with Gasteiger partial charge in [-0.15, -0.1) is 11.8 Å². The standard InChI is InChI=1S/C13H19NO3S/c1-3-17-12-6-4-11(5-7-12)14-13(16)10(2)18-9-8-15/h4-7,10,15H,3,8-9H2,1-2H3,(H,14,16). The highest BCUT2D eigenvalue weighted by atomic mass is 32.2. The van der Waals surface area contributed by atoms with Crippen molar-refractivity contribution in [2.24, 2.45) is 0 Å². The molecular formula is C13H19NO3S. The van der Waals surface area contributed by atoms with Gasteiger partial charge in [0.25, 0.3) is 0 Å². The third-order valence-electron chi connectivity index (χ3n) is 2.26. The lowest BCUT2D eigenvalue weighted by molar-refractivity contribution is -0.115. The van der Waals surface area contributed by atoms with E-state index in [0.717, 1.165) is 11.4 Å². The molecule has 1 atom stereocenters. The zero-order valence-corrected chi connectivity index (χ0v) is 11.5. The summed E-state index contributed by atoms with van der Waals surface area (Å²) >= 11 is 1.43. The van der Waals surface area contributed by atoms with Crippen LogP contribution in [0.5, 0.6) is 5.75 Å². The first-order chi connectivity index (χ1) is 8.67. The van der Waals surface area contributed by atoms with Crippen molar-refractivity contribution in [2.45, 2.75) is 19.1 Å². The fraction of sp³-hybridized carbons (Fsp3) is 0.462. The van der Waals surface area contributed by atoms with Gasteiger partial charge in [0.15, 0.2) is 0 Å². The molecule has 0 saturated heterocycles. The first kappa shape index (κ1) is 14.9. The fourth-order valence-electron chi connectivity index (χ4n) is 1.35. The van der Waals surface area contributed by atoms with Gasteiger partial charge < -0.3 is 15.2 Å². The summed E-state index contributed by atoms with van der Waals surface area (Å²) in [5, 5.41) is 11.3. The second-order valence-electron chi connectivity index (χ2n) is 3.68. The quantitative estimate of drug-likeness (QED) is 0.796. The Morgan fingerprint density at radius 2 is 2.11 bits per heavy atom. The Bertz CT molecular complexity index is 367. The minimum absolute atomic E-state index is 0.0578. The Balaban J connectivity index is 2.48. The Hall–Kier alpha value is -1.20. The van der Waals surface area contributed by atoms with Gasteiger partial charge in [0.1, 0.15) is 5.75 Å². The molecule has 0 aliphatic heterocycles. The number of hydrogen-bond donors (Lipinski definition) is 2. The van der Waals surface area contributed by atoms with Crippen molar-refractivity contribution in [3.8, 4) is 5.75 Å². The number of aliphatic hydroxyl groups excluding tert-OH is 1. The monoisotopic (exact) mass is 269 g/mol. The molecule has 18 heavy (non-hydrogen) atoms. The normalized spacial score (nSPS) is 11.9. The molecule has 100 valence electrons. The molecule has 1 amide bonds. The summed E-state index contributed by atoms with van der Waals surface area (Å²) in [5.74, 6) is 1.30. The first-order valence-electron chi connectivity index (χ1n) is 5.93. The predicted octanol–water partition coefficient (Wildman–Crippen LogP) is 2.14. The summed E-state index contributed by atoms with van der Waals surface area (Å²) < 4.78 is 5.32. The maximum atomic E-state index is 11.8. The van der Waals surface area contributed by atoms with Crippen LogP contribution in [0.2, 0.25) is 0 Å². The topological polar surface area (TPSA) is 58.6 Å². The Morgan fingerprint density at radius 3 is 2.67 bits per heavy atom. The third-order valence-corrected chi connectivity index (χ3v) is 3.39. The lowest BCUT2D eigenvalue weighted by Crippen LogP contribution is -2.23. The summed E-state index contributed by atoms with van der Waals surface area (Å²) in [7, 11) is 0. The highest BCUT2D eigenvalue weighted by Crippen LogP contribution is 2.17. The molecular weight excluding hydrogens is 250 g/mol. The second-order valence-corrected chi connectivity index (χ2v) is 5.13. The Kier molecular flexibility index (Phi) is 6.60. The van der Waals surface area contributed by atoms with E-state index < -0.39 is 0 Å². The minimum Gasteiger partial charge on any atom is -0.494 e. The smallest absolute Gasteiger partial charge is 0.237 e. The number of carbonyl (C=O) groups is 1. The number of thioether (sulfide) groups is 1. The van der Waals surface area contributed by atoms with Crippen LogP contribution in [-0.2, 0) is 4.79 Å². The number of carbonyl (C=O) groups excluding carboxylic acids is 1. The van der Waals surface area contributed by atoms with Crippen LogP contribution < -0.4 is 10.1 Å². The largest absolute Gasteiger partial charge is 0.494 e. The molecule has 2 N–H and O–H groups in total. The van der Waals surface area contributed by atoms with E-state index >= 15 is 0 Å². The Morgan fingerprint density at radius 1 is 1.44 bits per heavy atom. The van der Waals surface area contributed by atoms with E-state index in [9.17, 15) is 4.79 Å². The zero-order chi connectivity index (χ0) is 13.4. The molecule has 0 aliphatic carbocycles. The van der Waals surface area contributed by atoms with Crippen molar-refractivity contribution in [3.05, 3.63) is 24.3 Å². The number of hydrogen-bond acceptors (Lipinski definition) is 4. The van der Waals surface area contributed by atoms with E-state index in [4.69, 9.17) is 9.84 Å². The SMILES string of the molecule is CCOc1ccc(NC(=O)C(C)SCCO)cc1. The van der Waals surface area contributed by atoms with Gasteiger partial charge in [-0.05, 0) is 38.1 Å². The van der Waals surface area contributed by atoms with Gasteiger partial charge in [0.05, 0.1) is 18.5 Å². The average molecular weight is 269 g/mol. The van der Waals surface area contributed by atoms with Crippen molar-refractivity contribution in [3.63, 3.8) is 0 Å². The zero-order valence-electron chi connectivity index (χ0n) is 10.7. The number of nitrogens with one attached hydrogen (secondary N) is 1. The molecule has 0 radical (unpaired) electrons. The minimum atomic E-state index is -0.177. The predicted molar refractivity (Wildman–Crippen MR) is 75.2 cm³/mol. The summed E-state index contributed by atoms with van der Waals surface area (Å²) in [6.07, 6.45) is 0. The van der Waals surface area contributed by atoms with Crippen molar-refractivity contribution in [2.75, 3.05) is 24.3 Å². The molecule has 0 spiro atoms. The number of amides is 1. The number of rotatable bonds is 7. The van der Waals surface area contributed by atoms with Gasteiger partial charge in [0.2, 0.25) is 5.91 Å². The van der Waals surface area contributed by atoms with Gasteiger partial charge in [-0.1, -0.05) is 0 Å². The number of ether oxygens (including phenoxy) is 1. The van der Waals surface area contributed by atoms with Gasteiger partial charge in [0, 0.05) is 11.4 Å². The van der Waals surface area contributed by atoms with Crippen molar-refractivity contribution in [1.82, 2.24) is 0 Å². The Labute approximate surface area is 112 Å². The van der Waals surface area contributed by atoms with Crippen LogP contribution in [0.4, 0.5) is 5.69 Å². The van der Waals surface area contributed by atoms with Crippen molar-refractivity contribution >= 4 is 23.4 Å². The molecule has 1 aromatic rings. The lowest BCUT2D eigenvalue weighted by atomic mass is 10.3. The van der Waals surface area contributed by atoms with E-state index in [2.05, 4.69) is 5.32 Å². The highest BCUT2D eigenvalue weighted by Gasteiger charge is 2.12. The molecule has 4 nitrogen and oxygen atoms in total. The van der Waals surface area contributed by atoms with E-state index in [1.807, 2.05) is 38.1 Å². The average Bonchev–Trinajstić information content (AvgIpc) is 2.38. The molecule has 0 heterocycles. The molecule has 1 unspecified atom stereocenters. The molecule has 1 rings (SSSR count). The molecule has 0 bridgehead atoms. The molecule has 0 aliphatic rings. The molecule has 0 fully saturated rings. The summed E-state index contributed by atoms with van der Waals surface area (Å²) in [5.41, 5.74) is 0.750. The van der Waals surface area contributed by atoms with Crippen LogP contribution >= 0.6 is 11.8 Å². The van der Waals surface area contributed by atoms with E-state index in [1.54, 1.807) is 0 Å². The van der Waals surface area contributed by atoms with Crippen LogP contribution in [0.15, 0.2) is 24.3 Å². The van der Waals surface area contributed by atoms with Crippen LogP contribution in [0.1, 0.15) is 13.8 Å². The van der Waals surface area contributed by atoms with Crippen molar-refractivity contribution in [1.29, 1.82) is 0 Å². The van der Waals surface area contributed by atoms with Gasteiger partial charge in [-0.2, -0.15) is 0 Å².